The van der Waals surface area contributed by atoms with E-state index in [0.717, 1.165) is 13.3 Å². The second kappa shape index (κ2) is 4.39. The number of carbonyl (C=O) groups is 1. The van der Waals surface area contributed by atoms with Gasteiger partial charge in [0, 0.05) is 6.20 Å². The van der Waals surface area contributed by atoms with Gasteiger partial charge < -0.3 is 10.5 Å². The number of pyridine rings is 1. The van der Waals surface area contributed by atoms with Gasteiger partial charge in [-0.1, -0.05) is 11.6 Å². The number of nitrogens with zero attached hydrogens (tertiary/aromatic N) is 1. The minimum atomic E-state index is -2.89. The van der Waals surface area contributed by atoms with Gasteiger partial charge in [0.1, 0.15) is 5.82 Å². The maximum atomic E-state index is 12.5. The molecule has 15 heavy (non-hydrogen) atoms. The number of nitrogens with two attached hydrogens (primary N) is 1. The molecule has 4 nitrogen and oxygen atoms in total. The zero-order valence-electron chi connectivity index (χ0n) is 7.63. The Bertz CT molecular complexity index is 398. The number of esters is 1. The Kier molecular flexibility index (Phi) is 3.41. The van der Waals surface area contributed by atoms with Crippen molar-refractivity contribution < 1.29 is 18.3 Å². The van der Waals surface area contributed by atoms with E-state index in [1.165, 1.54) is 0 Å². The summed E-state index contributed by atoms with van der Waals surface area (Å²) in [6, 6.07) is 0. The molecule has 0 saturated carbocycles. The fraction of sp³-hybridized carbons (Fsp3) is 0.250. The van der Waals surface area contributed by atoms with E-state index in [0.29, 0.717) is 0 Å². The van der Waals surface area contributed by atoms with Crippen molar-refractivity contribution in [2.45, 2.75) is 6.43 Å². The van der Waals surface area contributed by atoms with Crippen molar-refractivity contribution in [2.75, 3.05) is 12.8 Å². The van der Waals surface area contributed by atoms with Crippen molar-refractivity contribution in [1.29, 1.82) is 0 Å². The summed E-state index contributed by atoms with van der Waals surface area (Å²) in [6.07, 6.45) is -1.90. The number of halogens is 3. The summed E-state index contributed by atoms with van der Waals surface area (Å²) >= 11 is 5.58. The smallest absolute Gasteiger partial charge is 0.340 e. The van der Waals surface area contributed by atoms with E-state index in [4.69, 9.17) is 17.3 Å². The van der Waals surface area contributed by atoms with Crippen LogP contribution in [0.1, 0.15) is 22.3 Å². The Morgan fingerprint density at radius 3 is 2.73 bits per heavy atom. The first-order chi connectivity index (χ1) is 6.99. The van der Waals surface area contributed by atoms with Crippen molar-refractivity contribution in [3.8, 4) is 0 Å². The molecular weight excluding hydrogens is 230 g/mol. The molecule has 0 aliphatic heterocycles. The molecule has 1 aromatic rings. The number of anilines is 1. The summed E-state index contributed by atoms with van der Waals surface area (Å²) in [6.45, 7) is 0. The molecule has 0 aliphatic rings. The van der Waals surface area contributed by atoms with Crippen LogP contribution in [0.15, 0.2) is 6.20 Å². The van der Waals surface area contributed by atoms with Gasteiger partial charge in [-0.15, -0.1) is 0 Å². The maximum absolute atomic E-state index is 12.5. The van der Waals surface area contributed by atoms with E-state index in [1.807, 2.05) is 0 Å². The molecule has 0 fully saturated rings. The van der Waals surface area contributed by atoms with Gasteiger partial charge in [-0.2, -0.15) is 0 Å². The van der Waals surface area contributed by atoms with Gasteiger partial charge >= 0.3 is 5.97 Å². The first kappa shape index (κ1) is 11.6. The molecule has 1 heterocycles. The summed E-state index contributed by atoms with van der Waals surface area (Å²) in [5.41, 5.74) is 4.32. The Morgan fingerprint density at radius 2 is 2.27 bits per heavy atom. The molecule has 0 atom stereocenters. The Hall–Kier alpha value is -1.43. The first-order valence-electron chi connectivity index (χ1n) is 3.79. The predicted molar refractivity (Wildman–Crippen MR) is 50.0 cm³/mol. The maximum Gasteiger partial charge on any atom is 0.340 e. The molecule has 1 aromatic heterocycles. The van der Waals surface area contributed by atoms with Crippen molar-refractivity contribution in [3.05, 3.63) is 22.3 Å². The van der Waals surface area contributed by atoms with Crippen LogP contribution in [0, 0.1) is 0 Å². The molecule has 7 heteroatoms. The second-order valence-corrected chi connectivity index (χ2v) is 2.96. The molecule has 1 rings (SSSR count). The predicted octanol–water partition coefficient (Wildman–Crippen LogP) is 2.04. The topological polar surface area (TPSA) is 65.2 Å². The zero-order valence-corrected chi connectivity index (χ0v) is 8.39. The molecule has 0 spiro atoms. The van der Waals surface area contributed by atoms with Gasteiger partial charge in [-0.25, -0.2) is 18.6 Å². The van der Waals surface area contributed by atoms with Gasteiger partial charge in [0.25, 0.3) is 6.43 Å². The number of carbonyl (C=O) groups excluding carboxylic acids is 1. The standard InChI is InChI=1S/C8H7ClF2N2O2/c1-15-8(14)3-2-13-7(12)4(5(3)9)6(10)11/h2,6H,1H3,(H2,12,13). The third kappa shape index (κ3) is 2.15. The summed E-state index contributed by atoms with van der Waals surface area (Å²) in [7, 11) is 1.11. The van der Waals surface area contributed by atoms with Crippen LogP contribution in [0.3, 0.4) is 0 Å². The van der Waals surface area contributed by atoms with Crippen LogP contribution >= 0.6 is 11.6 Å². The fourth-order valence-electron chi connectivity index (χ4n) is 0.978. The summed E-state index contributed by atoms with van der Waals surface area (Å²) < 4.78 is 29.3. The number of aromatic nitrogens is 1. The van der Waals surface area contributed by atoms with E-state index in [1.54, 1.807) is 0 Å². The van der Waals surface area contributed by atoms with Crippen LogP contribution in [0.25, 0.3) is 0 Å². The van der Waals surface area contributed by atoms with Crippen LogP contribution in [0.2, 0.25) is 5.02 Å². The summed E-state index contributed by atoms with van der Waals surface area (Å²) in [4.78, 5) is 14.5. The number of alkyl halides is 2. The molecular formula is C8H7ClF2N2O2. The molecule has 0 aliphatic carbocycles. The number of nitrogen functional groups attached to an aromatic ring is 1. The van der Waals surface area contributed by atoms with Gasteiger partial charge in [-0.05, 0) is 0 Å². The largest absolute Gasteiger partial charge is 0.465 e. The van der Waals surface area contributed by atoms with E-state index in [-0.39, 0.29) is 5.56 Å². The Balaban J connectivity index is 3.35. The van der Waals surface area contributed by atoms with E-state index in [9.17, 15) is 13.6 Å². The number of ether oxygens (including phenoxy) is 1. The highest BCUT2D eigenvalue weighted by Gasteiger charge is 2.23. The van der Waals surface area contributed by atoms with Gasteiger partial charge in [0.15, 0.2) is 0 Å². The van der Waals surface area contributed by atoms with Crippen LogP contribution in [-0.4, -0.2) is 18.1 Å². The number of hydrogen-bond acceptors (Lipinski definition) is 4. The average molecular weight is 237 g/mol. The third-order valence-electron chi connectivity index (χ3n) is 1.71. The lowest BCUT2D eigenvalue weighted by molar-refractivity contribution is 0.0600. The van der Waals surface area contributed by atoms with E-state index >= 15 is 0 Å². The molecule has 0 unspecified atom stereocenters. The quantitative estimate of drug-likeness (QED) is 0.798. The molecule has 0 bridgehead atoms. The number of hydrogen-bond donors (Lipinski definition) is 1. The highest BCUT2D eigenvalue weighted by Crippen LogP contribution is 2.33. The average Bonchev–Trinajstić information content (AvgIpc) is 2.16. The van der Waals surface area contributed by atoms with E-state index in [2.05, 4.69) is 9.72 Å². The highest BCUT2D eigenvalue weighted by molar-refractivity contribution is 6.34. The number of rotatable bonds is 2. The SMILES string of the molecule is COC(=O)c1cnc(N)c(C(F)F)c1Cl. The molecule has 82 valence electrons. The zero-order chi connectivity index (χ0) is 11.6. The van der Waals surface area contributed by atoms with Crippen LogP contribution < -0.4 is 5.73 Å². The lowest BCUT2D eigenvalue weighted by Gasteiger charge is -2.09. The Morgan fingerprint density at radius 1 is 1.67 bits per heavy atom. The monoisotopic (exact) mass is 236 g/mol. The van der Waals surface area contributed by atoms with Crippen molar-refractivity contribution >= 4 is 23.4 Å². The minimum Gasteiger partial charge on any atom is -0.465 e. The minimum absolute atomic E-state index is 0.233. The molecule has 0 aromatic carbocycles. The van der Waals surface area contributed by atoms with Crippen molar-refractivity contribution in [1.82, 2.24) is 4.98 Å². The Labute approximate surface area is 89.0 Å². The fourth-order valence-corrected chi connectivity index (χ4v) is 1.28. The molecule has 0 radical (unpaired) electrons. The van der Waals surface area contributed by atoms with Crippen molar-refractivity contribution in [2.24, 2.45) is 0 Å². The lowest BCUT2D eigenvalue weighted by atomic mass is 10.2. The molecule has 0 saturated heterocycles. The van der Waals surface area contributed by atoms with Crippen LogP contribution in [0.5, 0.6) is 0 Å². The lowest BCUT2D eigenvalue weighted by Crippen LogP contribution is -2.08. The van der Waals surface area contributed by atoms with Crippen LogP contribution in [-0.2, 0) is 4.74 Å². The van der Waals surface area contributed by atoms with E-state index < -0.39 is 28.8 Å². The highest BCUT2D eigenvalue weighted by atomic mass is 35.5. The van der Waals surface area contributed by atoms with Gasteiger partial charge in [0.2, 0.25) is 0 Å². The summed E-state index contributed by atoms with van der Waals surface area (Å²) in [5.74, 6) is -1.24. The van der Waals surface area contributed by atoms with Crippen LogP contribution in [0.4, 0.5) is 14.6 Å². The van der Waals surface area contributed by atoms with Gasteiger partial charge in [-0.3, -0.25) is 0 Å². The van der Waals surface area contributed by atoms with Gasteiger partial charge in [0.05, 0.1) is 23.3 Å². The number of methoxy groups -OCH3 is 1. The normalized spacial score (nSPS) is 10.5. The first-order valence-corrected chi connectivity index (χ1v) is 4.17. The summed E-state index contributed by atoms with van der Waals surface area (Å²) in [5, 5.41) is -0.427. The second-order valence-electron chi connectivity index (χ2n) is 2.58. The molecule has 0 amide bonds. The van der Waals surface area contributed by atoms with Crippen molar-refractivity contribution in [3.63, 3.8) is 0 Å². The third-order valence-corrected chi connectivity index (χ3v) is 2.11. The molecule has 2 N–H and O–H groups in total.